The van der Waals surface area contributed by atoms with Crippen LogP contribution >= 0.6 is 11.8 Å². The molecule has 4 rings (SSSR count). The van der Waals surface area contributed by atoms with Gasteiger partial charge >= 0.3 is 6.18 Å². The van der Waals surface area contributed by atoms with Crippen LogP contribution in [0.1, 0.15) is 15.9 Å². The Morgan fingerprint density at radius 3 is 2.38 bits per heavy atom. The highest BCUT2D eigenvalue weighted by Gasteiger charge is 2.35. The number of para-hydroxylation sites is 1. The Morgan fingerprint density at radius 2 is 1.66 bits per heavy atom. The number of rotatable bonds is 2. The number of anilines is 2. The van der Waals surface area contributed by atoms with Crippen molar-refractivity contribution in [2.75, 3.05) is 4.90 Å². The number of nitro benzene ring substituents is 1. The number of hydrogen-bond donors (Lipinski definition) is 0. The lowest BCUT2D eigenvalue weighted by Crippen LogP contribution is -2.29. The first-order valence-electron chi connectivity index (χ1n) is 8.33. The van der Waals surface area contributed by atoms with Crippen molar-refractivity contribution >= 4 is 34.7 Å². The normalized spacial score (nSPS) is 12.9. The number of alkyl halides is 3. The molecule has 0 fully saturated rings. The molecule has 0 aromatic heterocycles. The average molecular weight is 416 g/mol. The van der Waals surface area contributed by atoms with E-state index < -0.39 is 22.6 Å². The fraction of sp³-hybridized carbons (Fsp3) is 0.0500. The molecule has 3 aromatic rings. The average Bonchev–Trinajstić information content (AvgIpc) is 2.70. The first-order chi connectivity index (χ1) is 13.8. The van der Waals surface area contributed by atoms with Gasteiger partial charge in [0, 0.05) is 27.5 Å². The van der Waals surface area contributed by atoms with Crippen LogP contribution in [0.3, 0.4) is 0 Å². The molecule has 1 aliphatic rings. The highest BCUT2D eigenvalue weighted by molar-refractivity contribution is 7.99. The largest absolute Gasteiger partial charge is 0.416 e. The molecule has 5 nitrogen and oxygen atoms in total. The minimum atomic E-state index is -4.57. The number of carbonyl (C=O) groups excluding carboxylic acids is 1. The molecule has 0 radical (unpaired) electrons. The molecular weight excluding hydrogens is 405 g/mol. The Labute approximate surface area is 166 Å². The minimum Gasteiger partial charge on any atom is -0.275 e. The number of nitrogens with zero attached hydrogens (tertiary/aromatic N) is 2. The van der Waals surface area contributed by atoms with E-state index in [0.29, 0.717) is 15.5 Å². The highest BCUT2D eigenvalue weighted by atomic mass is 32.2. The van der Waals surface area contributed by atoms with Crippen molar-refractivity contribution in [3.8, 4) is 0 Å². The van der Waals surface area contributed by atoms with E-state index in [1.54, 1.807) is 24.3 Å². The zero-order chi connectivity index (χ0) is 20.8. The van der Waals surface area contributed by atoms with Crippen LogP contribution in [0.15, 0.2) is 76.5 Å². The van der Waals surface area contributed by atoms with Gasteiger partial charge in [0.05, 0.1) is 21.9 Å². The summed E-state index contributed by atoms with van der Waals surface area (Å²) in [6.45, 7) is 0. The summed E-state index contributed by atoms with van der Waals surface area (Å²) in [7, 11) is 0. The zero-order valence-electron chi connectivity index (χ0n) is 14.5. The molecule has 0 N–H and O–H groups in total. The molecule has 1 aliphatic heterocycles. The first kappa shape index (κ1) is 19.0. The fourth-order valence-corrected chi connectivity index (χ4v) is 4.07. The lowest BCUT2D eigenvalue weighted by atomic mass is 10.1. The number of non-ortho nitro benzene ring substituents is 1. The Bertz CT molecular complexity index is 1150. The Kier molecular flexibility index (Phi) is 4.54. The quantitative estimate of drug-likeness (QED) is 0.376. The van der Waals surface area contributed by atoms with Crippen molar-refractivity contribution in [1.82, 2.24) is 0 Å². The van der Waals surface area contributed by atoms with Crippen molar-refractivity contribution in [2.45, 2.75) is 16.0 Å². The summed E-state index contributed by atoms with van der Waals surface area (Å²) < 4.78 is 39.8. The molecule has 0 spiro atoms. The van der Waals surface area contributed by atoms with Crippen molar-refractivity contribution in [2.24, 2.45) is 0 Å². The van der Waals surface area contributed by atoms with Gasteiger partial charge in [-0.3, -0.25) is 19.8 Å². The van der Waals surface area contributed by atoms with Gasteiger partial charge in [-0.05, 0) is 36.4 Å². The van der Waals surface area contributed by atoms with Crippen LogP contribution in [0.25, 0.3) is 0 Å². The zero-order valence-corrected chi connectivity index (χ0v) is 15.3. The number of fused-ring (bicyclic) bond motifs is 2. The van der Waals surface area contributed by atoms with Crippen molar-refractivity contribution in [3.05, 3.63) is 88.0 Å². The molecule has 0 unspecified atom stereocenters. The minimum absolute atomic E-state index is 0.00395. The summed E-state index contributed by atoms with van der Waals surface area (Å²) >= 11 is 1.26. The number of carbonyl (C=O) groups is 1. The number of benzene rings is 3. The maximum atomic E-state index is 13.3. The molecular formula is C20H11F3N2O3S. The summed E-state index contributed by atoms with van der Waals surface area (Å²) in [6, 6.07) is 15.1. The number of halogens is 3. The van der Waals surface area contributed by atoms with E-state index in [9.17, 15) is 28.1 Å². The second kappa shape index (κ2) is 6.93. The third-order valence-corrected chi connectivity index (χ3v) is 5.49. The molecule has 146 valence electrons. The standard InChI is InChI=1S/C20H11F3N2O3S/c21-20(22,23)13-8-9-18-16(11-13)24(15-6-1-2-7-17(15)29-18)19(26)12-4-3-5-14(10-12)25(27)28/h1-11H. The van der Waals surface area contributed by atoms with Gasteiger partial charge in [0.1, 0.15) is 0 Å². The Balaban J connectivity index is 1.89. The number of hydrogen-bond acceptors (Lipinski definition) is 4. The molecule has 3 aromatic carbocycles. The monoisotopic (exact) mass is 416 g/mol. The summed E-state index contributed by atoms with van der Waals surface area (Å²) in [5.41, 5.74) is -0.655. The second-order valence-electron chi connectivity index (χ2n) is 6.20. The van der Waals surface area contributed by atoms with E-state index in [4.69, 9.17) is 0 Å². The molecule has 0 saturated heterocycles. The summed E-state index contributed by atoms with van der Waals surface area (Å²) in [6.07, 6.45) is -4.57. The van der Waals surface area contributed by atoms with Crippen LogP contribution in [0.2, 0.25) is 0 Å². The van der Waals surface area contributed by atoms with Crippen LogP contribution in [0, 0.1) is 10.1 Å². The third-order valence-electron chi connectivity index (χ3n) is 4.36. The Hall–Kier alpha value is -3.33. The lowest BCUT2D eigenvalue weighted by molar-refractivity contribution is -0.384. The van der Waals surface area contributed by atoms with Gasteiger partial charge in [0.2, 0.25) is 0 Å². The van der Waals surface area contributed by atoms with Gasteiger partial charge in [-0.2, -0.15) is 13.2 Å². The van der Waals surface area contributed by atoms with Crippen molar-refractivity contribution in [1.29, 1.82) is 0 Å². The summed E-state index contributed by atoms with van der Waals surface area (Å²) in [4.78, 5) is 26.0. The van der Waals surface area contributed by atoms with Gasteiger partial charge in [-0.1, -0.05) is 30.0 Å². The van der Waals surface area contributed by atoms with Crippen LogP contribution in [0.5, 0.6) is 0 Å². The van der Waals surface area contributed by atoms with Gasteiger partial charge in [0.25, 0.3) is 11.6 Å². The van der Waals surface area contributed by atoms with Gasteiger partial charge in [0.15, 0.2) is 0 Å². The molecule has 1 amide bonds. The van der Waals surface area contributed by atoms with Crippen LogP contribution < -0.4 is 4.90 Å². The predicted octanol–water partition coefficient (Wildman–Crippen LogP) is 6.06. The van der Waals surface area contributed by atoms with E-state index in [2.05, 4.69) is 0 Å². The first-order valence-corrected chi connectivity index (χ1v) is 9.14. The molecule has 9 heteroatoms. The van der Waals surface area contributed by atoms with Crippen LogP contribution in [-0.4, -0.2) is 10.8 Å². The van der Waals surface area contributed by atoms with Crippen LogP contribution in [-0.2, 0) is 6.18 Å². The maximum absolute atomic E-state index is 13.3. The smallest absolute Gasteiger partial charge is 0.275 e. The van der Waals surface area contributed by atoms with Crippen molar-refractivity contribution in [3.63, 3.8) is 0 Å². The van der Waals surface area contributed by atoms with E-state index in [-0.39, 0.29) is 16.9 Å². The molecule has 0 bridgehead atoms. The van der Waals surface area contributed by atoms with Gasteiger partial charge < -0.3 is 0 Å². The van der Waals surface area contributed by atoms with Crippen LogP contribution in [0.4, 0.5) is 30.2 Å². The van der Waals surface area contributed by atoms with Crippen molar-refractivity contribution < 1.29 is 22.9 Å². The third kappa shape index (κ3) is 3.44. The van der Waals surface area contributed by atoms with E-state index in [0.717, 1.165) is 18.2 Å². The molecule has 0 aliphatic carbocycles. The molecule has 0 saturated carbocycles. The predicted molar refractivity (Wildman–Crippen MR) is 102 cm³/mol. The lowest BCUT2D eigenvalue weighted by Gasteiger charge is -2.31. The topological polar surface area (TPSA) is 63.4 Å². The fourth-order valence-electron chi connectivity index (χ4n) is 3.03. The van der Waals surface area contributed by atoms with Gasteiger partial charge in [-0.15, -0.1) is 0 Å². The second-order valence-corrected chi connectivity index (χ2v) is 7.28. The number of amides is 1. The van der Waals surface area contributed by atoms with E-state index >= 15 is 0 Å². The van der Waals surface area contributed by atoms with E-state index in [1.807, 2.05) is 0 Å². The summed E-state index contributed by atoms with van der Waals surface area (Å²) in [5, 5.41) is 11.1. The summed E-state index contributed by atoms with van der Waals surface area (Å²) in [5.74, 6) is -0.651. The molecule has 29 heavy (non-hydrogen) atoms. The maximum Gasteiger partial charge on any atom is 0.416 e. The number of nitro groups is 1. The molecule has 1 heterocycles. The van der Waals surface area contributed by atoms with Gasteiger partial charge in [-0.25, -0.2) is 0 Å². The van der Waals surface area contributed by atoms with E-state index in [1.165, 1.54) is 40.9 Å². The SMILES string of the molecule is O=C(c1cccc([N+](=O)[O-])c1)N1c2ccccc2Sc2ccc(C(F)(F)F)cc21. The molecule has 0 atom stereocenters. The Morgan fingerprint density at radius 1 is 0.931 bits per heavy atom. The highest BCUT2D eigenvalue weighted by Crippen LogP contribution is 2.50.